The van der Waals surface area contributed by atoms with Gasteiger partial charge in [-0.1, -0.05) is 37.9 Å². The van der Waals surface area contributed by atoms with Crippen molar-refractivity contribution < 1.29 is 9.13 Å². The summed E-state index contributed by atoms with van der Waals surface area (Å²) < 4.78 is 21.9. The van der Waals surface area contributed by atoms with Crippen LogP contribution in [-0.4, -0.2) is 7.05 Å². The molecule has 0 bridgehead atoms. The first-order valence-corrected chi connectivity index (χ1v) is 8.25. The third-order valence-corrected chi connectivity index (χ3v) is 4.71. The second-order valence-corrected chi connectivity index (χ2v) is 6.86. The molecule has 2 atom stereocenters. The van der Waals surface area contributed by atoms with Gasteiger partial charge in [0.05, 0.1) is 0 Å². The van der Waals surface area contributed by atoms with E-state index in [4.69, 9.17) is 4.74 Å². The van der Waals surface area contributed by atoms with Crippen LogP contribution in [-0.2, 0) is 0 Å². The zero-order chi connectivity index (χ0) is 15.0. The van der Waals surface area contributed by atoms with Gasteiger partial charge in [-0.3, -0.25) is 0 Å². The topological polar surface area (TPSA) is 21.3 Å². The average Bonchev–Trinajstić information content (AvgIpc) is 2.48. The van der Waals surface area contributed by atoms with E-state index < -0.39 is 0 Å². The molecule has 1 aliphatic rings. The Hall–Kier alpha value is -0.910. The molecule has 2 unspecified atom stereocenters. The molecular formula is C16H14Br2FNO. The molecule has 0 saturated carbocycles. The van der Waals surface area contributed by atoms with E-state index >= 15 is 0 Å². The lowest BCUT2D eigenvalue weighted by atomic mass is 9.93. The predicted molar refractivity (Wildman–Crippen MR) is 88.0 cm³/mol. The van der Waals surface area contributed by atoms with Crippen molar-refractivity contribution in [3.8, 4) is 5.75 Å². The molecular weight excluding hydrogens is 401 g/mol. The maximum Gasteiger partial charge on any atom is 0.130 e. The Bertz CT molecular complexity index is 677. The number of hydrogen-bond donors (Lipinski definition) is 1. The van der Waals surface area contributed by atoms with Crippen LogP contribution in [0, 0.1) is 5.82 Å². The van der Waals surface area contributed by atoms with Crippen molar-refractivity contribution in [2.45, 2.75) is 18.6 Å². The van der Waals surface area contributed by atoms with Crippen LogP contribution < -0.4 is 10.1 Å². The number of hydrogen-bond acceptors (Lipinski definition) is 2. The van der Waals surface area contributed by atoms with Crippen molar-refractivity contribution in [3.63, 3.8) is 0 Å². The Labute approximate surface area is 140 Å². The Morgan fingerprint density at radius 3 is 2.57 bits per heavy atom. The molecule has 2 nitrogen and oxygen atoms in total. The van der Waals surface area contributed by atoms with Gasteiger partial charge in [-0.15, -0.1) is 0 Å². The standard InChI is InChI=1S/C16H14Br2FNO/c1-20-14-8-16(12-6-9(17)3-5-13(12)19)21-15-7-10(18)2-4-11(14)15/h2-7,14,16,20H,8H2,1H3. The molecule has 0 amide bonds. The molecule has 0 radical (unpaired) electrons. The Morgan fingerprint density at radius 2 is 1.81 bits per heavy atom. The van der Waals surface area contributed by atoms with Crippen molar-refractivity contribution in [1.29, 1.82) is 0 Å². The normalized spacial score (nSPS) is 20.8. The van der Waals surface area contributed by atoms with Gasteiger partial charge in [-0.05, 0) is 37.4 Å². The summed E-state index contributed by atoms with van der Waals surface area (Å²) >= 11 is 6.85. The summed E-state index contributed by atoms with van der Waals surface area (Å²) in [7, 11) is 1.91. The summed E-state index contributed by atoms with van der Waals surface area (Å²) in [6, 6.07) is 11.1. The summed E-state index contributed by atoms with van der Waals surface area (Å²) in [6.07, 6.45) is 0.389. The highest BCUT2D eigenvalue weighted by atomic mass is 79.9. The minimum absolute atomic E-state index is 0.144. The molecule has 0 spiro atoms. The number of halogens is 3. The Kier molecular flexibility index (Phi) is 4.33. The van der Waals surface area contributed by atoms with Gasteiger partial charge in [0.1, 0.15) is 17.7 Å². The fourth-order valence-electron chi connectivity index (χ4n) is 2.67. The van der Waals surface area contributed by atoms with Crippen molar-refractivity contribution >= 4 is 31.9 Å². The van der Waals surface area contributed by atoms with Gasteiger partial charge in [-0.2, -0.15) is 0 Å². The highest BCUT2D eigenvalue weighted by molar-refractivity contribution is 9.10. The quantitative estimate of drug-likeness (QED) is 0.734. The second-order valence-electron chi connectivity index (χ2n) is 5.03. The maximum atomic E-state index is 14.1. The highest BCUT2D eigenvalue weighted by Gasteiger charge is 2.30. The molecule has 2 aromatic carbocycles. The lowest BCUT2D eigenvalue weighted by Crippen LogP contribution is -2.27. The fraction of sp³-hybridized carbons (Fsp3) is 0.250. The summed E-state index contributed by atoms with van der Waals surface area (Å²) in [5, 5.41) is 3.28. The molecule has 0 aliphatic carbocycles. The van der Waals surface area contributed by atoms with E-state index in [0.29, 0.717) is 12.0 Å². The molecule has 2 aromatic rings. The average molecular weight is 415 g/mol. The zero-order valence-electron chi connectivity index (χ0n) is 11.4. The highest BCUT2D eigenvalue weighted by Crippen LogP contribution is 2.42. The Balaban J connectivity index is 2.01. The summed E-state index contributed by atoms with van der Waals surface area (Å²) in [5.41, 5.74) is 1.68. The van der Waals surface area contributed by atoms with Gasteiger partial charge in [0, 0.05) is 32.5 Å². The van der Waals surface area contributed by atoms with Gasteiger partial charge in [0.15, 0.2) is 0 Å². The number of rotatable bonds is 2. The van der Waals surface area contributed by atoms with Gasteiger partial charge >= 0.3 is 0 Å². The molecule has 0 saturated heterocycles. The van der Waals surface area contributed by atoms with Gasteiger partial charge in [-0.25, -0.2) is 4.39 Å². The number of nitrogens with one attached hydrogen (secondary N) is 1. The van der Waals surface area contributed by atoms with E-state index in [2.05, 4.69) is 37.2 Å². The molecule has 5 heteroatoms. The smallest absolute Gasteiger partial charge is 0.130 e. The molecule has 110 valence electrons. The van der Waals surface area contributed by atoms with E-state index in [1.165, 1.54) is 6.07 Å². The molecule has 21 heavy (non-hydrogen) atoms. The molecule has 3 rings (SSSR count). The van der Waals surface area contributed by atoms with E-state index in [1.807, 2.05) is 25.2 Å². The molecule has 0 fully saturated rings. The van der Waals surface area contributed by atoms with Crippen LogP contribution in [0.5, 0.6) is 5.75 Å². The molecule has 1 heterocycles. The first-order valence-electron chi connectivity index (χ1n) is 6.67. The molecule has 1 N–H and O–H groups in total. The maximum absolute atomic E-state index is 14.1. The second kappa shape index (κ2) is 6.07. The minimum atomic E-state index is -0.304. The zero-order valence-corrected chi connectivity index (χ0v) is 14.5. The number of fused-ring (bicyclic) bond motifs is 1. The summed E-state index contributed by atoms with van der Waals surface area (Å²) in [6.45, 7) is 0. The van der Waals surface area contributed by atoms with E-state index in [-0.39, 0.29) is 18.0 Å². The van der Waals surface area contributed by atoms with Gasteiger partial charge in [0.25, 0.3) is 0 Å². The minimum Gasteiger partial charge on any atom is -0.485 e. The van der Waals surface area contributed by atoms with E-state index in [9.17, 15) is 4.39 Å². The summed E-state index contributed by atoms with van der Waals surface area (Å²) in [5.74, 6) is 0.552. The van der Waals surface area contributed by atoms with Gasteiger partial charge in [0.2, 0.25) is 0 Å². The third kappa shape index (κ3) is 3.00. The van der Waals surface area contributed by atoms with Crippen molar-refractivity contribution in [2.75, 3.05) is 7.05 Å². The van der Waals surface area contributed by atoms with Gasteiger partial charge < -0.3 is 10.1 Å². The molecule has 0 aromatic heterocycles. The van der Waals surface area contributed by atoms with Crippen molar-refractivity contribution in [1.82, 2.24) is 5.32 Å². The lowest BCUT2D eigenvalue weighted by molar-refractivity contribution is 0.150. The van der Waals surface area contributed by atoms with E-state index in [1.54, 1.807) is 12.1 Å². The van der Waals surface area contributed by atoms with Crippen LogP contribution in [0.4, 0.5) is 4.39 Å². The van der Waals surface area contributed by atoms with E-state index in [0.717, 1.165) is 20.3 Å². The van der Waals surface area contributed by atoms with Crippen molar-refractivity contribution in [3.05, 3.63) is 62.3 Å². The SMILES string of the molecule is CNC1CC(c2cc(Br)ccc2F)Oc2cc(Br)ccc21. The largest absolute Gasteiger partial charge is 0.485 e. The van der Waals surface area contributed by atoms with Crippen LogP contribution in [0.3, 0.4) is 0 Å². The fourth-order valence-corrected chi connectivity index (χ4v) is 3.38. The van der Waals surface area contributed by atoms with Crippen LogP contribution in [0.2, 0.25) is 0 Å². The summed E-state index contributed by atoms with van der Waals surface area (Å²) in [4.78, 5) is 0. The first-order chi connectivity index (χ1) is 10.1. The number of benzene rings is 2. The lowest BCUT2D eigenvalue weighted by Gasteiger charge is -2.32. The Morgan fingerprint density at radius 1 is 1.10 bits per heavy atom. The predicted octanol–water partition coefficient (Wildman–Crippen LogP) is 5.14. The molecule has 1 aliphatic heterocycles. The van der Waals surface area contributed by atoms with Crippen LogP contribution in [0.15, 0.2) is 45.3 Å². The van der Waals surface area contributed by atoms with Crippen LogP contribution >= 0.6 is 31.9 Å². The van der Waals surface area contributed by atoms with Crippen LogP contribution in [0.1, 0.15) is 29.7 Å². The third-order valence-electron chi connectivity index (χ3n) is 3.72. The van der Waals surface area contributed by atoms with Crippen molar-refractivity contribution in [2.24, 2.45) is 0 Å². The number of ether oxygens (including phenoxy) is 1. The van der Waals surface area contributed by atoms with Crippen LogP contribution in [0.25, 0.3) is 0 Å². The monoisotopic (exact) mass is 413 g/mol. The first kappa shape index (κ1) is 15.0.